The van der Waals surface area contributed by atoms with E-state index in [9.17, 15) is 8.42 Å². The molecule has 0 aliphatic rings. The fourth-order valence-corrected chi connectivity index (χ4v) is 2.26. The molecule has 0 amide bonds. The summed E-state index contributed by atoms with van der Waals surface area (Å²) in [6.07, 6.45) is 1.59. The highest BCUT2D eigenvalue weighted by Crippen LogP contribution is 2.16. The summed E-state index contributed by atoms with van der Waals surface area (Å²) in [7, 11) is -3.13. The Morgan fingerprint density at radius 1 is 1.22 bits per heavy atom. The molecule has 0 spiro atoms. The van der Waals surface area contributed by atoms with Crippen molar-refractivity contribution < 1.29 is 13.5 Å². The Kier molecular flexibility index (Phi) is 5.31. The fraction of sp³-hybridized carbons (Fsp3) is 0.538. The first-order chi connectivity index (χ1) is 8.30. The van der Waals surface area contributed by atoms with Gasteiger partial charge in [0.25, 0.3) is 0 Å². The summed E-state index contributed by atoms with van der Waals surface area (Å²) in [4.78, 5) is 0.336. The third kappa shape index (κ3) is 4.76. The smallest absolute Gasteiger partial charge is 0.175 e. The van der Waals surface area contributed by atoms with Crippen LogP contribution in [0.25, 0.3) is 0 Å². The Labute approximate surface area is 109 Å². The minimum absolute atomic E-state index is 0.136. The lowest BCUT2D eigenvalue weighted by molar-refractivity contribution is 0.182. The SMILES string of the molecule is CC(O)CCNC(C)c1ccc(S(C)(=O)=O)cc1. The van der Waals surface area contributed by atoms with E-state index in [-0.39, 0.29) is 12.1 Å². The summed E-state index contributed by atoms with van der Waals surface area (Å²) in [6.45, 7) is 4.50. The second-order valence-electron chi connectivity index (χ2n) is 4.65. The lowest BCUT2D eigenvalue weighted by Gasteiger charge is -2.15. The Hall–Kier alpha value is -0.910. The number of hydrogen-bond acceptors (Lipinski definition) is 4. The van der Waals surface area contributed by atoms with E-state index in [2.05, 4.69) is 5.32 Å². The van der Waals surface area contributed by atoms with Crippen LogP contribution in [-0.4, -0.2) is 32.4 Å². The predicted octanol–water partition coefficient (Wildman–Crippen LogP) is 1.51. The van der Waals surface area contributed by atoms with Gasteiger partial charge in [0, 0.05) is 12.3 Å². The molecule has 4 nitrogen and oxygen atoms in total. The Morgan fingerprint density at radius 2 is 1.78 bits per heavy atom. The van der Waals surface area contributed by atoms with Crippen molar-refractivity contribution in [1.29, 1.82) is 0 Å². The van der Waals surface area contributed by atoms with Gasteiger partial charge in [-0.3, -0.25) is 0 Å². The number of nitrogens with one attached hydrogen (secondary N) is 1. The molecule has 2 unspecified atom stereocenters. The van der Waals surface area contributed by atoms with Crippen LogP contribution in [0.5, 0.6) is 0 Å². The normalized spacial score (nSPS) is 15.3. The number of aliphatic hydroxyl groups excluding tert-OH is 1. The quantitative estimate of drug-likeness (QED) is 0.823. The molecule has 0 radical (unpaired) electrons. The highest BCUT2D eigenvalue weighted by molar-refractivity contribution is 7.90. The monoisotopic (exact) mass is 271 g/mol. The zero-order valence-corrected chi connectivity index (χ0v) is 11.9. The van der Waals surface area contributed by atoms with Crippen LogP contribution < -0.4 is 5.32 Å². The summed E-state index contributed by atoms with van der Waals surface area (Å²) in [6, 6.07) is 7.01. The zero-order chi connectivity index (χ0) is 13.8. The molecule has 0 aromatic heterocycles. The van der Waals surface area contributed by atoms with Gasteiger partial charge in [-0.15, -0.1) is 0 Å². The Bertz CT molecular complexity index is 466. The van der Waals surface area contributed by atoms with Crippen molar-refractivity contribution in [3.05, 3.63) is 29.8 Å². The minimum atomic E-state index is -3.13. The van der Waals surface area contributed by atoms with E-state index in [0.29, 0.717) is 11.3 Å². The van der Waals surface area contributed by atoms with Gasteiger partial charge in [0.05, 0.1) is 11.0 Å². The van der Waals surface area contributed by atoms with Gasteiger partial charge in [0.15, 0.2) is 9.84 Å². The number of rotatable bonds is 6. The lowest BCUT2D eigenvalue weighted by Crippen LogP contribution is -2.22. The van der Waals surface area contributed by atoms with Crippen molar-refractivity contribution in [1.82, 2.24) is 5.32 Å². The van der Waals surface area contributed by atoms with Crippen molar-refractivity contribution in [2.75, 3.05) is 12.8 Å². The molecule has 1 aromatic rings. The molecule has 0 aliphatic heterocycles. The molecular formula is C13H21NO3S. The van der Waals surface area contributed by atoms with Gasteiger partial charge >= 0.3 is 0 Å². The van der Waals surface area contributed by atoms with Crippen LogP contribution in [0.1, 0.15) is 31.9 Å². The van der Waals surface area contributed by atoms with Crippen LogP contribution in [0.15, 0.2) is 29.2 Å². The summed E-state index contributed by atoms with van der Waals surface area (Å²) in [5.74, 6) is 0. The molecule has 0 bridgehead atoms. The molecule has 0 aliphatic carbocycles. The third-order valence-corrected chi connectivity index (χ3v) is 3.95. The number of aliphatic hydroxyl groups is 1. The van der Waals surface area contributed by atoms with Gasteiger partial charge < -0.3 is 10.4 Å². The molecule has 0 fully saturated rings. The topological polar surface area (TPSA) is 66.4 Å². The van der Waals surface area contributed by atoms with Crippen LogP contribution in [0, 0.1) is 0 Å². The zero-order valence-electron chi connectivity index (χ0n) is 11.1. The largest absolute Gasteiger partial charge is 0.393 e. The van der Waals surface area contributed by atoms with Crippen LogP contribution >= 0.6 is 0 Å². The molecule has 0 saturated heterocycles. The van der Waals surface area contributed by atoms with E-state index in [1.807, 2.05) is 19.1 Å². The Balaban J connectivity index is 2.62. The molecular weight excluding hydrogens is 250 g/mol. The summed E-state index contributed by atoms with van der Waals surface area (Å²) in [5.41, 5.74) is 1.04. The van der Waals surface area contributed by atoms with Gasteiger partial charge in [0.2, 0.25) is 0 Å². The number of sulfone groups is 1. The summed E-state index contributed by atoms with van der Waals surface area (Å²) >= 11 is 0. The van der Waals surface area contributed by atoms with Gasteiger partial charge in [0.1, 0.15) is 0 Å². The van der Waals surface area contributed by atoms with E-state index in [0.717, 1.165) is 12.1 Å². The first-order valence-electron chi connectivity index (χ1n) is 6.02. The Morgan fingerprint density at radius 3 is 2.22 bits per heavy atom. The van der Waals surface area contributed by atoms with Crippen LogP contribution in [-0.2, 0) is 9.84 Å². The van der Waals surface area contributed by atoms with Gasteiger partial charge in [-0.2, -0.15) is 0 Å². The van der Waals surface area contributed by atoms with Crippen molar-refractivity contribution in [2.45, 2.75) is 37.3 Å². The van der Waals surface area contributed by atoms with Crippen molar-refractivity contribution in [2.24, 2.45) is 0 Å². The molecule has 102 valence electrons. The van der Waals surface area contributed by atoms with Crippen molar-refractivity contribution >= 4 is 9.84 Å². The second kappa shape index (κ2) is 6.31. The fourth-order valence-electron chi connectivity index (χ4n) is 1.63. The molecule has 18 heavy (non-hydrogen) atoms. The minimum Gasteiger partial charge on any atom is -0.393 e. The number of hydrogen-bond donors (Lipinski definition) is 2. The lowest BCUT2D eigenvalue weighted by atomic mass is 10.1. The van der Waals surface area contributed by atoms with Gasteiger partial charge in [-0.25, -0.2) is 8.42 Å². The highest BCUT2D eigenvalue weighted by atomic mass is 32.2. The van der Waals surface area contributed by atoms with Crippen molar-refractivity contribution in [3.63, 3.8) is 0 Å². The second-order valence-corrected chi connectivity index (χ2v) is 6.67. The first kappa shape index (κ1) is 15.1. The standard InChI is InChI=1S/C13H21NO3S/c1-10(15)8-9-14-11(2)12-4-6-13(7-5-12)18(3,16)17/h4-7,10-11,14-15H,8-9H2,1-3H3. The molecule has 0 heterocycles. The van der Waals surface area contributed by atoms with Gasteiger partial charge in [-0.1, -0.05) is 12.1 Å². The maximum Gasteiger partial charge on any atom is 0.175 e. The van der Waals surface area contributed by atoms with Crippen molar-refractivity contribution in [3.8, 4) is 0 Å². The highest BCUT2D eigenvalue weighted by Gasteiger charge is 2.09. The van der Waals surface area contributed by atoms with E-state index in [1.54, 1.807) is 19.1 Å². The maximum atomic E-state index is 11.3. The molecule has 2 N–H and O–H groups in total. The average Bonchev–Trinajstić information content (AvgIpc) is 2.27. The molecule has 5 heteroatoms. The van der Waals surface area contributed by atoms with Gasteiger partial charge in [-0.05, 0) is 44.5 Å². The average molecular weight is 271 g/mol. The maximum absolute atomic E-state index is 11.3. The van der Waals surface area contributed by atoms with E-state index in [1.165, 1.54) is 6.26 Å². The van der Waals surface area contributed by atoms with Crippen LogP contribution in [0.3, 0.4) is 0 Å². The van der Waals surface area contributed by atoms with E-state index >= 15 is 0 Å². The van der Waals surface area contributed by atoms with E-state index in [4.69, 9.17) is 5.11 Å². The molecule has 1 aromatic carbocycles. The molecule has 0 saturated carbocycles. The third-order valence-electron chi connectivity index (χ3n) is 2.82. The number of benzene rings is 1. The van der Waals surface area contributed by atoms with Crippen LogP contribution in [0.2, 0.25) is 0 Å². The first-order valence-corrected chi connectivity index (χ1v) is 7.91. The van der Waals surface area contributed by atoms with E-state index < -0.39 is 9.84 Å². The molecule has 2 atom stereocenters. The summed E-state index contributed by atoms with van der Waals surface area (Å²) < 4.78 is 22.6. The van der Waals surface area contributed by atoms with Crippen LogP contribution in [0.4, 0.5) is 0 Å². The summed E-state index contributed by atoms with van der Waals surface area (Å²) in [5, 5.41) is 12.4. The molecule has 1 rings (SSSR count). The predicted molar refractivity (Wildman–Crippen MR) is 72.3 cm³/mol.